The van der Waals surface area contributed by atoms with Crippen LogP contribution in [0.15, 0.2) is 47.5 Å². The summed E-state index contributed by atoms with van der Waals surface area (Å²) in [4.78, 5) is 21.2. The number of aliphatic imine (C=N–C) groups is 1. The van der Waals surface area contributed by atoms with Crippen molar-refractivity contribution in [3.8, 4) is 11.5 Å². The lowest BCUT2D eigenvalue weighted by Gasteiger charge is -2.36. The van der Waals surface area contributed by atoms with Gasteiger partial charge in [0.25, 0.3) is 0 Å². The molecule has 6 nitrogen and oxygen atoms in total. The molecule has 1 saturated heterocycles. The Hall–Kier alpha value is -2.57. The maximum atomic E-state index is 11.5. The number of nitrogens with zero attached hydrogens (tertiary/aromatic N) is 3. The summed E-state index contributed by atoms with van der Waals surface area (Å²) in [7, 11) is 0. The van der Waals surface area contributed by atoms with Gasteiger partial charge in [-0.25, -0.2) is 4.99 Å². The molecule has 2 aromatic rings. The average Bonchev–Trinajstić information content (AvgIpc) is 2.91. The molecule has 0 spiro atoms. The third-order valence-electron chi connectivity index (χ3n) is 5.33. The Morgan fingerprint density at radius 1 is 1.13 bits per heavy atom. The molecule has 0 aromatic heterocycles. The van der Waals surface area contributed by atoms with Crippen LogP contribution < -0.4 is 4.74 Å². The van der Waals surface area contributed by atoms with Gasteiger partial charge in [0.2, 0.25) is 0 Å². The van der Waals surface area contributed by atoms with Crippen molar-refractivity contribution in [1.82, 2.24) is 9.80 Å². The summed E-state index contributed by atoms with van der Waals surface area (Å²) in [5.74, 6) is 2.29. The van der Waals surface area contributed by atoms with E-state index in [4.69, 9.17) is 26.1 Å². The maximum absolute atomic E-state index is 11.5. The average molecular weight is 428 g/mol. The lowest BCUT2D eigenvalue weighted by Crippen LogP contribution is -2.49. The zero-order valence-corrected chi connectivity index (χ0v) is 17.9. The Bertz CT molecular complexity index is 939. The molecule has 158 valence electrons. The Morgan fingerprint density at radius 3 is 2.73 bits per heavy atom. The van der Waals surface area contributed by atoms with Gasteiger partial charge in [0.05, 0.1) is 12.2 Å². The van der Waals surface area contributed by atoms with E-state index in [0.29, 0.717) is 18.1 Å². The molecule has 0 saturated carbocycles. The number of esters is 1. The molecule has 2 aromatic carbocycles. The SMILES string of the molecule is CCOC(=O)CCCN1CCN(C2=Nc3ccccc3Oc3ccc(Cl)cc32)CC1. The number of amidine groups is 1. The van der Waals surface area contributed by atoms with Crippen molar-refractivity contribution in [3.63, 3.8) is 0 Å². The predicted octanol–water partition coefficient (Wildman–Crippen LogP) is 4.48. The molecule has 7 heteroatoms. The van der Waals surface area contributed by atoms with Crippen molar-refractivity contribution in [2.75, 3.05) is 39.3 Å². The minimum Gasteiger partial charge on any atom is -0.466 e. The predicted molar refractivity (Wildman–Crippen MR) is 118 cm³/mol. The number of hydrogen-bond donors (Lipinski definition) is 0. The van der Waals surface area contributed by atoms with E-state index in [1.54, 1.807) is 0 Å². The molecule has 4 rings (SSSR count). The number of carbonyl (C=O) groups is 1. The van der Waals surface area contributed by atoms with Crippen molar-refractivity contribution in [2.45, 2.75) is 19.8 Å². The number of hydrogen-bond acceptors (Lipinski definition) is 6. The highest BCUT2D eigenvalue weighted by atomic mass is 35.5. The van der Waals surface area contributed by atoms with Crippen molar-refractivity contribution >= 4 is 29.1 Å². The monoisotopic (exact) mass is 427 g/mol. The molecule has 1 fully saturated rings. The Labute approximate surface area is 182 Å². The van der Waals surface area contributed by atoms with Gasteiger partial charge in [-0.1, -0.05) is 23.7 Å². The van der Waals surface area contributed by atoms with Crippen LogP contribution in [0.1, 0.15) is 25.3 Å². The van der Waals surface area contributed by atoms with Gasteiger partial charge in [0.15, 0.2) is 5.75 Å². The fourth-order valence-electron chi connectivity index (χ4n) is 3.80. The molecule has 2 heterocycles. The fourth-order valence-corrected chi connectivity index (χ4v) is 3.97. The second-order valence-electron chi connectivity index (χ2n) is 7.38. The van der Waals surface area contributed by atoms with Gasteiger partial charge < -0.3 is 14.4 Å². The van der Waals surface area contributed by atoms with E-state index in [-0.39, 0.29) is 5.97 Å². The second kappa shape index (κ2) is 9.49. The summed E-state index contributed by atoms with van der Waals surface area (Å²) in [6.07, 6.45) is 1.29. The van der Waals surface area contributed by atoms with Gasteiger partial charge in [0, 0.05) is 37.6 Å². The molecule has 0 amide bonds. The van der Waals surface area contributed by atoms with E-state index < -0.39 is 0 Å². The zero-order chi connectivity index (χ0) is 20.9. The maximum Gasteiger partial charge on any atom is 0.305 e. The van der Waals surface area contributed by atoms with E-state index in [0.717, 1.165) is 67.7 Å². The quantitative estimate of drug-likeness (QED) is 0.658. The fraction of sp³-hybridized carbons (Fsp3) is 0.391. The number of ether oxygens (including phenoxy) is 2. The Balaban J connectivity index is 1.47. The van der Waals surface area contributed by atoms with Gasteiger partial charge in [0.1, 0.15) is 17.3 Å². The first-order valence-corrected chi connectivity index (χ1v) is 10.8. The number of carbonyl (C=O) groups excluding carboxylic acids is 1. The third-order valence-corrected chi connectivity index (χ3v) is 5.56. The van der Waals surface area contributed by atoms with Crippen LogP contribution >= 0.6 is 11.6 Å². The first-order chi connectivity index (χ1) is 14.6. The summed E-state index contributed by atoms with van der Waals surface area (Å²) >= 11 is 6.30. The van der Waals surface area contributed by atoms with E-state index in [1.807, 2.05) is 49.4 Å². The second-order valence-corrected chi connectivity index (χ2v) is 7.82. The highest BCUT2D eigenvalue weighted by Gasteiger charge is 2.26. The molecule has 2 aliphatic rings. The smallest absolute Gasteiger partial charge is 0.305 e. The van der Waals surface area contributed by atoms with Crippen LogP contribution in [0.25, 0.3) is 0 Å². The number of para-hydroxylation sites is 2. The number of benzene rings is 2. The standard InChI is InChI=1S/C23H26ClN3O3/c1-2-29-22(28)8-5-11-26-12-14-27(15-13-26)23-18-16-17(24)9-10-20(18)30-21-7-4-3-6-19(21)25-23/h3-4,6-7,9-10,16H,2,5,8,11-15H2,1H3. The molecule has 0 unspecified atom stereocenters. The first-order valence-electron chi connectivity index (χ1n) is 10.4. The summed E-state index contributed by atoms with van der Waals surface area (Å²) in [5.41, 5.74) is 1.73. The van der Waals surface area contributed by atoms with E-state index >= 15 is 0 Å². The number of fused-ring (bicyclic) bond motifs is 2. The van der Waals surface area contributed by atoms with Crippen LogP contribution in [0.4, 0.5) is 5.69 Å². The molecular weight excluding hydrogens is 402 g/mol. The normalized spacial score (nSPS) is 16.1. The van der Waals surface area contributed by atoms with Crippen molar-refractivity contribution < 1.29 is 14.3 Å². The topological polar surface area (TPSA) is 54.4 Å². The van der Waals surface area contributed by atoms with Crippen LogP contribution in [0, 0.1) is 0 Å². The first kappa shape index (κ1) is 20.7. The van der Waals surface area contributed by atoms with E-state index in [2.05, 4.69) is 9.80 Å². The lowest BCUT2D eigenvalue weighted by molar-refractivity contribution is -0.143. The van der Waals surface area contributed by atoms with Crippen molar-refractivity contribution in [3.05, 3.63) is 53.1 Å². The Kier molecular flexibility index (Phi) is 6.55. The summed E-state index contributed by atoms with van der Waals surface area (Å²) < 4.78 is 11.1. The number of rotatable bonds is 5. The summed E-state index contributed by atoms with van der Waals surface area (Å²) in [6, 6.07) is 13.5. The van der Waals surface area contributed by atoms with Crippen LogP contribution in [-0.4, -0.2) is 60.9 Å². The number of halogens is 1. The van der Waals surface area contributed by atoms with Crippen LogP contribution in [-0.2, 0) is 9.53 Å². The van der Waals surface area contributed by atoms with Crippen LogP contribution in [0.2, 0.25) is 5.02 Å². The van der Waals surface area contributed by atoms with Crippen molar-refractivity contribution in [2.24, 2.45) is 4.99 Å². The largest absolute Gasteiger partial charge is 0.466 e. The van der Waals surface area contributed by atoms with Crippen LogP contribution in [0.3, 0.4) is 0 Å². The molecule has 0 N–H and O–H groups in total. The van der Waals surface area contributed by atoms with Gasteiger partial charge in [-0.3, -0.25) is 9.69 Å². The third kappa shape index (κ3) is 4.77. The molecule has 0 radical (unpaired) electrons. The summed E-state index contributed by atoms with van der Waals surface area (Å²) in [5, 5.41) is 0.661. The van der Waals surface area contributed by atoms with E-state index in [9.17, 15) is 4.79 Å². The molecule has 2 aliphatic heterocycles. The molecular formula is C23H26ClN3O3. The molecule has 0 aliphatic carbocycles. The van der Waals surface area contributed by atoms with Gasteiger partial charge in [-0.2, -0.15) is 0 Å². The van der Waals surface area contributed by atoms with Gasteiger partial charge in [-0.05, 0) is 50.2 Å². The van der Waals surface area contributed by atoms with Gasteiger partial charge in [-0.15, -0.1) is 0 Å². The van der Waals surface area contributed by atoms with Crippen LogP contribution in [0.5, 0.6) is 11.5 Å². The molecule has 30 heavy (non-hydrogen) atoms. The lowest BCUT2D eigenvalue weighted by atomic mass is 10.1. The minimum absolute atomic E-state index is 0.115. The van der Waals surface area contributed by atoms with Crippen molar-refractivity contribution in [1.29, 1.82) is 0 Å². The minimum atomic E-state index is -0.115. The Morgan fingerprint density at radius 2 is 1.93 bits per heavy atom. The van der Waals surface area contributed by atoms with Gasteiger partial charge >= 0.3 is 5.97 Å². The highest BCUT2D eigenvalue weighted by Crippen LogP contribution is 2.38. The number of piperazine rings is 1. The highest BCUT2D eigenvalue weighted by molar-refractivity contribution is 6.31. The molecule has 0 bridgehead atoms. The summed E-state index contributed by atoms with van der Waals surface area (Å²) in [6.45, 7) is 6.72. The van der Waals surface area contributed by atoms with E-state index in [1.165, 1.54) is 0 Å². The molecule has 0 atom stereocenters. The zero-order valence-electron chi connectivity index (χ0n) is 17.1.